The molecule has 1 saturated carbocycles. The van der Waals surface area contributed by atoms with Gasteiger partial charge in [-0.2, -0.15) is 0 Å². The summed E-state index contributed by atoms with van der Waals surface area (Å²) in [6, 6.07) is 12.9. The minimum atomic E-state index is -0.841. The summed E-state index contributed by atoms with van der Waals surface area (Å²) in [6.07, 6.45) is 3.53. The smallest absolute Gasteiger partial charge is 0.326 e. The Balaban J connectivity index is 1.56. The van der Waals surface area contributed by atoms with Crippen LogP contribution >= 0.6 is 0 Å². The van der Waals surface area contributed by atoms with Gasteiger partial charge in [-0.15, -0.1) is 0 Å². The highest BCUT2D eigenvalue weighted by molar-refractivity contribution is 6.22. The van der Waals surface area contributed by atoms with Gasteiger partial charge >= 0.3 is 6.03 Å². The molecule has 2 aliphatic rings. The molecule has 0 unspecified atom stereocenters. The molecule has 0 bridgehead atoms. The summed E-state index contributed by atoms with van der Waals surface area (Å²) < 4.78 is 13.1. The Labute approximate surface area is 168 Å². The fourth-order valence-corrected chi connectivity index (χ4v) is 4.13. The fraction of sp³-hybridized carbons (Fsp3) is 0.318. The van der Waals surface area contributed by atoms with Crippen LogP contribution in [0.15, 0.2) is 54.6 Å². The summed E-state index contributed by atoms with van der Waals surface area (Å²) in [7, 11) is 0. The van der Waals surface area contributed by atoms with Gasteiger partial charge in [0.2, 0.25) is 5.91 Å². The average Bonchev–Trinajstić information content (AvgIpc) is 3.31. The Hall–Kier alpha value is -3.22. The number of urea groups is 1. The van der Waals surface area contributed by atoms with Crippen LogP contribution in [-0.4, -0.2) is 34.8 Å². The Morgan fingerprint density at radius 2 is 1.66 bits per heavy atom. The first-order chi connectivity index (χ1) is 14.0. The topological polar surface area (TPSA) is 69.7 Å². The van der Waals surface area contributed by atoms with Crippen LogP contribution in [0.5, 0.6) is 0 Å². The number of anilines is 2. The minimum Gasteiger partial charge on any atom is -0.326 e. The number of hydrogen-bond donors (Lipinski definition) is 1. The molecule has 6 nitrogen and oxygen atoms in total. The monoisotopic (exact) mass is 395 g/mol. The molecule has 2 fully saturated rings. The zero-order chi connectivity index (χ0) is 20.4. The highest BCUT2D eigenvalue weighted by Crippen LogP contribution is 2.34. The number of imide groups is 1. The van der Waals surface area contributed by atoms with Crippen molar-refractivity contribution in [1.82, 2.24) is 4.90 Å². The molecule has 2 aromatic carbocycles. The van der Waals surface area contributed by atoms with Crippen molar-refractivity contribution in [3.63, 3.8) is 0 Å². The molecule has 1 saturated heterocycles. The first-order valence-electron chi connectivity index (χ1n) is 9.81. The number of halogens is 1. The maximum absolute atomic E-state index is 13.1. The van der Waals surface area contributed by atoms with Crippen molar-refractivity contribution in [2.24, 2.45) is 0 Å². The van der Waals surface area contributed by atoms with Crippen LogP contribution in [0.3, 0.4) is 0 Å². The van der Waals surface area contributed by atoms with Gasteiger partial charge < -0.3 is 10.2 Å². The highest BCUT2D eigenvalue weighted by Gasteiger charge is 2.49. The summed E-state index contributed by atoms with van der Waals surface area (Å²) in [4.78, 5) is 41.7. The van der Waals surface area contributed by atoms with Gasteiger partial charge in [0.1, 0.15) is 11.9 Å². The van der Waals surface area contributed by atoms with Gasteiger partial charge in [-0.1, -0.05) is 31.0 Å². The molecule has 0 radical (unpaired) electrons. The quantitative estimate of drug-likeness (QED) is 0.780. The molecule has 29 heavy (non-hydrogen) atoms. The van der Waals surface area contributed by atoms with Gasteiger partial charge in [0.05, 0.1) is 12.1 Å². The zero-order valence-electron chi connectivity index (χ0n) is 15.9. The summed E-state index contributed by atoms with van der Waals surface area (Å²) in [5.74, 6) is -1.17. The third-order valence-electron chi connectivity index (χ3n) is 5.49. The van der Waals surface area contributed by atoms with Gasteiger partial charge in [0, 0.05) is 11.7 Å². The Bertz CT molecular complexity index is 911. The summed E-state index contributed by atoms with van der Waals surface area (Å²) in [5, 5.41) is 2.68. The molecule has 4 rings (SSSR count). The summed E-state index contributed by atoms with van der Waals surface area (Å²) in [5.41, 5.74) is 0.951. The third kappa shape index (κ3) is 3.85. The van der Waals surface area contributed by atoms with Crippen LogP contribution in [0.1, 0.15) is 32.1 Å². The Morgan fingerprint density at radius 3 is 2.31 bits per heavy atom. The predicted molar refractivity (Wildman–Crippen MR) is 107 cm³/mol. The number of carbonyl (C=O) groups is 3. The summed E-state index contributed by atoms with van der Waals surface area (Å²) in [6.45, 7) is 0. The molecule has 0 spiro atoms. The second-order valence-electron chi connectivity index (χ2n) is 7.41. The highest BCUT2D eigenvalue weighted by atomic mass is 19.1. The maximum Gasteiger partial charge on any atom is 0.332 e. The number of rotatable bonds is 5. The van der Waals surface area contributed by atoms with Gasteiger partial charge in [-0.25, -0.2) is 14.1 Å². The van der Waals surface area contributed by atoms with E-state index in [4.69, 9.17) is 0 Å². The molecule has 4 amide bonds. The van der Waals surface area contributed by atoms with E-state index in [0.29, 0.717) is 11.4 Å². The lowest BCUT2D eigenvalue weighted by Gasteiger charge is -2.27. The van der Waals surface area contributed by atoms with Gasteiger partial charge in [-0.05, 0) is 49.2 Å². The average molecular weight is 395 g/mol. The molecule has 150 valence electrons. The molecular formula is C22H22FN3O3. The van der Waals surface area contributed by atoms with E-state index < -0.39 is 11.9 Å². The Morgan fingerprint density at radius 1 is 1.00 bits per heavy atom. The first kappa shape index (κ1) is 19.1. The molecule has 0 aromatic heterocycles. The van der Waals surface area contributed by atoms with Crippen LogP contribution in [0.2, 0.25) is 0 Å². The lowest BCUT2D eigenvalue weighted by molar-refractivity contribution is -0.124. The Kier molecular flexibility index (Phi) is 5.29. The van der Waals surface area contributed by atoms with Gasteiger partial charge in [-0.3, -0.25) is 9.59 Å². The van der Waals surface area contributed by atoms with E-state index in [1.165, 1.54) is 29.2 Å². The summed E-state index contributed by atoms with van der Waals surface area (Å²) >= 11 is 0. The molecule has 1 atom stereocenters. The molecular weight excluding hydrogens is 373 g/mol. The van der Waals surface area contributed by atoms with E-state index in [2.05, 4.69) is 5.32 Å². The third-order valence-corrected chi connectivity index (χ3v) is 5.49. The van der Waals surface area contributed by atoms with Crippen LogP contribution in [0.25, 0.3) is 0 Å². The maximum atomic E-state index is 13.1. The van der Waals surface area contributed by atoms with Crippen molar-refractivity contribution in [2.75, 3.05) is 10.2 Å². The molecule has 2 aromatic rings. The van der Waals surface area contributed by atoms with Gasteiger partial charge in [0.25, 0.3) is 5.91 Å². The number of benzene rings is 2. The van der Waals surface area contributed by atoms with Crippen LogP contribution in [-0.2, 0) is 9.59 Å². The van der Waals surface area contributed by atoms with Gasteiger partial charge in [0.15, 0.2) is 0 Å². The van der Waals surface area contributed by atoms with Crippen LogP contribution < -0.4 is 10.2 Å². The van der Waals surface area contributed by atoms with Crippen molar-refractivity contribution < 1.29 is 18.8 Å². The minimum absolute atomic E-state index is 0.0382. The normalized spacial score (nSPS) is 19.8. The SMILES string of the molecule is O=C(C[C@@H]1C(=O)N(c2ccccc2)C(=O)N1C1CCCC1)Nc1ccc(F)cc1. The van der Waals surface area contributed by atoms with Crippen molar-refractivity contribution in [3.8, 4) is 0 Å². The van der Waals surface area contributed by atoms with Crippen LogP contribution in [0, 0.1) is 5.82 Å². The molecule has 1 aliphatic heterocycles. The number of nitrogens with zero attached hydrogens (tertiary/aromatic N) is 2. The van der Waals surface area contributed by atoms with Crippen LogP contribution in [0.4, 0.5) is 20.6 Å². The number of carbonyl (C=O) groups excluding carboxylic acids is 3. The number of para-hydroxylation sites is 1. The number of hydrogen-bond acceptors (Lipinski definition) is 3. The standard InChI is InChI=1S/C22H22FN3O3/c23-15-10-12-16(13-11-15)24-20(27)14-19-21(28)26(18-6-2-1-3-7-18)22(29)25(19)17-8-4-5-9-17/h1-3,6-7,10-13,17,19H,4-5,8-9,14H2,(H,24,27)/t19-/m1/s1. The second-order valence-corrected chi connectivity index (χ2v) is 7.41. The second kappa shape index (κ2) is 8.03. The van der Waals surface area contributed by atoms with E-state index in [1.54, 1.807) is 29.2 Å². The van der Waals surface area contributed by atoms with E-state index >= 15 is 0 Å². The number of amides is 4. The van der Waals surface area contributed by atoms with E-state index in [0.717, 1.165) is 25.7 Å². The van der Waals surface area contributed by atoms with Crippen molar-refractivity contribution in [1.29, 1.82) is 0 Å². The first-order valence-corrected chi connectivity index (χ1v) is 9.81. The molecule has 1 N–H and O–H groups in total. The predicted octanol–water partition coefficient (Wildman–Crippen LogP) is 3.93. The van der Waals surface area contributed by atoms with Crippen molar-refractivity contribution in [3.05, 3.63) is 60.4 Å². The van der Waals surface area contributed by atoms with Crippen molar-refractivity contribution >= 4 is 29.2 Å². The van der Waals surface area contributed by atoms with E-state index in [9.17, 15) is 18.8 Å². The fourth-order valence-electron chi connectivity index (χ4n) is 4.13. The zero-order valence-corrected chi connectivity index (χ0v) is 15.9. The molecule has 1 heterocycles. The van der Waals surface area contributed by atoms with E-state index in [1.807, 2.05) is 6.07 Å². The molecule has 1 aliphatic carbocycles. The number of nitrogens with one attached hydrogen (secondary N) is 1. The lowest BCUT2D eigenvalue weighted by atomic mass is 10.1. The molecule has 7 heteroatoms. The largest absolute Gasteiger partial charge is 0.332 e. The van der Waals surface area contributed by atoms with Crippen molar-refractivity contribution in [2.45, 2.75) is 44.2 Å². The van der Waals surface area contributed by atoms with E-state index in [-0.39, 0.29) is 30.3 Å². The lowest BCUT2D eigenvalue weighted by Crippen LogP contribution is -2.43.